The van der Waals surface area contributed by atoms with Gasteiger partial charge in [0.25, 0.3) is 11.7 Å². The Balaban J connectivity index is 0.000000516. The van der Waals surface area contributed by atoms with Crippen LogP contribution in [0.5, 0.6) is 0 Å². The fourth-order valence-corrected chi connectivity index (χ4v) is 2.56. The van der Waals surface area contributed by atoms with Gasteiger partial charge in [-0.1, -0.05) is 6.07 Å². The van der Waals surface area contributed by atoms with Crippen LogP contribution in [0.2, 0.25) is 0 Å². The fourth-order valence-electron chi connectivity index (χ4n) is 1.70. The van der Waals surface area contributed by atoms with Gasteiger partial charge in [-0.25, -0.2) is 4.79 Å². The van der Waals surface area contributed by atoms with Gasteiger partial charge in [0.15, 0.2) is 0 Å². The second-order valence-corrected chi connectivity index (χ2v) is 6.33. The van der Waals surface area contributed by atoms with Gasteiger partial charge in [-0.3, -0.25) is 14.6 Å². The van der Waals surface area contributed by atoms with Crippen LogP contribution in [0.25, 0.3) is 0 Å². The van der Waals surface area contributed by atoms with E-state index in [1.54, 1.807) is 31.3 Å². The number of aliphatic carboxylic acids is 1. The van der Waals surface area contributed by atoms with Crippen molar-refractivity contribution in [1.29, 1.82) is 0 Å². The molecular weight excluding hydrogens is 430 g/mol. The number of amides is 1. The number of carbonyl (C=O) groups excluding carboxylic acids is 2. The van der Waals surface area contributed by atoms with Crippen molar-refractivity contribution in [2.75, 3.05) is 0 Å². The van der Waals surface area contributed by atoms with Crippen LogP contribution in [-0.4, -0.2) is 40.1 Å². The molecule has 0 bridgehead atoms. The summed E-state index contributed by atoms with van der Waals surface area (Å²) in [6.07, 6.45) is -8.46. The van der Waals surface area contributed by atoms with E-state index in [4.69, 9.17) is 9.90 Å². The second-order valence-electron chi connectivity index (χ2n) is 5.24. The zero-order chi connectivity index (χ0) is 22.4. The van der Waals surface area contributed by atoms with Gasteiger partial charge in [-0.15, -0.1) is 11.3 Å². The normalized spacial score (nSPS) is 12.4. The summed E-state index contributed by atoms with van der Waals surface area (Å²) in [5.74, 6) is -5.26. The molecule has 0 aliphatic carbocycles. The van der Waals surface area contributed by atoms with Crippen molar-refractivity contribution in [3.8, 4) is 0 Å². The minimum atomic E-state index is -5.08. The highest BCUT2D eigenvalue weighted by molar-refractivity contribution is 7.16. The van der Waals surface area contributed by atoms with E-state index in [0.29, 0.717) is 17.0 Å². The molecule has 0 saturated carbocycles. The first kappa shape index (κ1) is 24.1. The average molecular weight is 442 g/mol. The number of hydrogen-bond donors (Lipinski definition) is 2. The van der Waals surface area contributed by atoms with E-state index in [-0.39, 0.29) is 4.88 Å². The molecular formula is C16H12F6N2O4S. The van der Waals surface area contributed by atoms with Gasteiger partial charge in [0.05, 0.1) is 21.5 Å². The molecule has 2 N–H and O–H groups in total. The summed E-state index contributed by atoms with van der Waals surface area (Å²) in [4.78, 5) is 35.6. The first-order valence-corrected chi connectivity index (χ1v) is 8.28. The summed E-state index contributed by atoms with van der Waals surface area (Å²) in [5.41, 5.74) is 0.624. The molecule has 1 amide bonds. The van der Waals surface area contributed by atoms with Gasteiger partial charge in [-0.05, 0) is 31.2 Å². The SMILES string of the molecule is CC(NC(=O)c1ccc(C(=O)C(F)(F)F)s1)c1ccccn1.O=C(O)C(F)(F)F. The quantitative estimate of drug-likeness (QED) is 0.551. The molecule has 0 radical (unpaired) electrons. The molecule has 0 fully saturated rings. The minimum Gasteiger partial charge on any atom is -0.475 e. The number of pyridine rings is 1. The molecule has 158 valence electrons. The Morgan fingerprint density at radius 3 is 2.00 bits per heavy atom. The molecule has 29 heavy (non-hydrogen) atoms. The molecule has 6 nitrogen and oxygen atoms in total. The third-order valence-corrected chi connectivity index (χ3v) is 4.12. The van der Waals surface area contributed by atoms with E-state index >= 15 is 0 Å². The van der Waals surface area contributed by atoms with Crippen molar-refractivity contribution in [2.24, 2.45) is 0 Å². The van der Waals surface area contributed by atoms with E-state index in [1.807, 2.05) is 0 Å². The lowest BCUT2D eigenvalue weighted by Gasteiger charge is -2.12. The van der Waals surface area contributed by atoms with E-state index in [2.05, 4.69) is 10.3 Å². The highest BCUT2D eigenvalue weighted by Gasteiger charge is 2.40. The minimum absolute atomic E-state index is 0.0374. The van der Waals surface area contributed by atoms with Gasteiger partial charge in [0.2, 0.25) is 0 Å². The van der Waals surface area contributed by atoms with Crippen molar-refractivity contribution >= 4 is 29.0 Å². The van der Waals surface area contributed by atoms with E-state index < -0.39 is 40.9 Å². The van der Waals surface area contributed by atoms with Crippen LogP contribution in [0.3, 0.4) is 0 Å². The number of halogens is 6. The molecule has 2 rings (SSSR count). The van der Waals surface area contributed by atoms with Gasteiger partial charge in [0.1, 0.15) is 0 Å². The fraction of sp³-hybridized carbons (Fsp3) is 0.250. The molecule has 13 heteroatoms. The second kappa shape index (κ2) is 9.49. The molecule has 0 spiro atoms. The number of nitrogens with zero attached hydrogens (tertiary/aromatic N) is 1. The summed E-state index contributed by atoms with van der Waals surface area (Å²) in [7, 11) is 0. The van der Waals surface area contributed by atoms with Crippen molar-refractivity contribution in [2.45, 2.75) is 25.3 Å². The zero-order valence-corrected chi connectivity index (χ0v) is 15.2. The van der Waals surface area contributed by atoms with Crippen molar-refractivity contribution < 1.29 is 45.8 Å². The topological polar surface area (TPSA) is 96.4 Å². The van der Waals surface area contributed by atoms with E-state index in [0.717, 1.165) is 6.07 Å². The molecule has 2 aromatic rings. The van der Waals surface area contributed by atoms with E-state index in [1.165, 1.54) is 6.07 Å². The number of Topliss-reactive ketones (excluding diaryl/α,β-unsaturated/α-hetero) is 1. The first-order chi connectivity index (χ1) is 13.2. The highest BCUT2D eigenvalue weighted by atomic mass is 32.1. The number of carbonyl (C=O) groups is 3. The molecule has 0 aliphatic rings. The number of aromatic nitrogens is 1. The van der Waals surface area contributed by atoms with Crippen LogP contribution in [0.15, 0.2) is 36.5 Å². The Bertz CT molecular complexity index is 864. The molecule has 1 unspecified atom stereocenters. The van der Waals surface area contributed by atoms with Crippen LogP contribution in [-0.2, 0) is 4.79 Å². The third kappa shape index (κ3) is 7.52. The van der Waals surface area contributed by atoms with Crippen molar-refractivity contribution in [3.63, 3.8) is 0 Å². The maximum absolute atomic E-state index is 12.3. The molecule has 2 aromatic heterocycles. The van der Waals surface area contributed by atoms with Gasteiger partial charge in [0, 0.05) is 6.20 Å². The van der Waals surface area contributed by atoms with Crippen LogP contribution in [0, 0.1) is 0 Å². The number of thiophene rings is 1. The monoisotopic (exact) mass is 442 g/mol. The predicted octanol–water partition coefficient (Wildman–Crippen LogP) is 4.01. The number of alkyl halides is 6. The van der Waals surface area contributed by atoms with Crippen LogP contribution in [0.4, 0.5) is 26.3 Å². The largest absolute Gasteiger partial charge is 0.490 e. The standard InChI is InChI=1S/C14H11F3N2O2S.C2HF3O2/c1-8(9-4-2-3-7-18-9)19-13(21)11-6-5-10(22-11)12(20)14(15,16)17;3-2(4,5)1(6)7/h2-8H,1H3,(H,19,21);(H,6,7). The Labute approximate surface area is 163 Å². The first-order valence-electron chi connectivity index (χ1n) is 7.46. The summed E-state index contributed by atoms with van der Waals surface area (Å²) >= 11 is 0.511. The number of ketones is 1. The lowest BCUT2D eigenvalue weighted by Crippen LogP contribution is -2.26. The molecule has 1 atom stereocenters. The molecule has 2 heterocycles. The van der Waals surface area contributed by atoms with Gasteiger partial charge < -0.3 is 10.4 Å². The van der Waals surface area contributed by atoms with Crippen LogP contribution >= 0.6 is 11.3 Å². The Hall–Kier alpha value is -2.96. The average Bonchev–Trinajstić information content (AvgIpc) is 3.10. The third-order valence-electron chi connectivity index (χ3n) is 3.03. The maximum atomic E-state index is 12.3. The molecule has 0 aromatic carbocycles. The zero-order valence-electron chi connectivity index (χ0n) is 14.3. The summed E-state index contributed by atoms with van der Waals surface area (Å²) in [5, 5.41) is 9.74. The number of rotatable bonds is 4. The lowest BCUT2D eigenvalue weighted by molar-refractivity contribution is -0.192. The van der Waals surface area contributed by atoms with E-state index in [9.17, 15) is 35.9 Å². The Morgan fingerprint density at radius 1 is 1.00 bits per heavy atom. The summed E-state index contributed by atoms with van der Waals surface area (Å²) < 4.78 is 68.7. The van der Waals surface area contributed by atoms with Gasteiger partial charge in [-0.2, -0.15) is 26.3 Å². The smallest absolute Gasteiger partial charge is 0.475 e. The number of carboxylic acids is 1. The number of carboxylic acid groups (broad SMARTS) is 1. The van der Waals surface area contributed by atoms with Gasteiger partial charge >= 0.3 is 18.3 Å². The number of hydrogen-bond acceptors (Lipinski definition) is 5. The predicted molar refractivity (Wildman–Crippen MR) is 88.5 cm³/mol. The van der Waals surface area contributed by atoms with Crippen LogP contribution in [0.1, 0.15) is 38.0 Å². The Kier molecular flexibility index (Phi) is 7.88. The lowest BCUT2D eigenvalue weighted by atomic mass is 10.2. The molecule has 0 aliphatic heterocycles. The maximum Gasteiger partial charge on any atom is 0.490 e. The highest BCUT2D eigenvalue weighted by Crippen LogP contribution is 2.26. The summed E-state index contributed by atoms with van der Waals surface area (Å²) in [6, 6.07) is 7.00. The summed E-state index contributed by atoms with van der Waals surface area (Å²) in [6.45, 7) is 1.70. The number of nitrogens with one attached hydrogen (secondary N) is 1. The van der Waals surface area contributed by atoms with Crippen molar-refractivity contribution in [3.05, 3.63) is 52.0 Å². The van der Waals surface area contributed by atoms with Crippen LogP contribution < -0.4 is 5.32 Å². The Morgan fingerprint density at radius 2 is 1.55 bits per heavy atom. The van der Waals surface area contributed by atoms with Crippen molar-refractivity contribution in [1.82, 2.24) is 10.3 Å². The molecule has 0 saturated heterocycles.